The summed E-state index contributed by atoms with van der Waals surface area (Å²) in [6.07, 6.45) is 0. The van der Waals surface area contributed by atoms with Gasteiger partial charge in [0.2, 0.25) is 0 Å². The van der Waals surface area contributed by atoms with E-state index in [1.54, 1.807) is 36.4 Å². The van der Waals surface area contributed by atoms with Crippen molar-refractivity contribution < 1.29 is 14.3 Å². The zero-order valence-electron chi connectivity index (χ0n) is 18.1. The fourth-order valence-corrected chi connectivity index (χ4v) is 4.70. The fraction of sp³-hybridized carbons (Fsp3) is 0.192. The number of ether oxygens (including phenoxy) is 1. The summed E-state index contributed by atoms with van der Waals surface area (Å²) in [5, 5.41) is 0. The molecule has 0 saturated heterocycles. The van der Waals surface area contributed by atoms with Crippen LogP contribution in [0.5, 0.6) is 0 Å². The van der Waals surface area contributed by atoms with E-state index in [2.05, 4.69) is 22.5 Å². The first-order chi connectivity index (χ1) is 15.6. The van der Waals surface area contributed by atoms with Gasteiger partial charge in [-0.05, 0) is 37.6 Å². The molecule has 162 valence electrons. The van der Waals surface area contributed by atoms with Crippen molar-refractivity contribution in [1.82, 2.24) is 4.57 Å². The number of nitrogens with zero attached hydrogens (tertiary/aromatic N) is 2. The van der Waals surface area contributed by atoms with Crippen molar-refractivity contribution in [1.29, 1.82) is 0 Å². The van der Waals surface area contributed by atoms with Crippen molar-refractivity contribution >= 4 is 33.2 Å². The van der Waals surface area contributed by atoms with Gasteiger partial charge in [-0.25, -0.2) is 0 Å². The van der Waals surface area contributed by atoms with Crippen molar-refractivity contribution in [3.05, 3.63) is 99.9 Å². The number of hydrogen-bond donors (Lipinski definition) is 0. The molecule has 0 aliphatic rings. The lowest BCUT2D eigenvalue weighted by molar-refractivity contribution is 0.0993. The number of carbonyl (C=O) groups excluding carboxylic acids is 2. The first-order valence-corrected chi connectivity index (χ1v) is 11.4. The molecule has 3 aromatic carbocycles. The molecule has 32 heavy (non-hydrogen) atoms. The number of aromatic nitrogens is 1. The Kier molecular flexibility index (Phi) is 6.73. The number of aryl methyl sites for hydroxylation is 1. The lowest BCUT2D eigenvalue weighted by atomic mass is 10.0. The van der Waals surface area contributed by atoms with E-state index in [0.29, 0.717) is 41.3 Å². The van der Waals surface area contributed by atoms with Crippen molar-refractivity contribution in [2.75, 3.05) is 13.2 Å². The van der Waals surface area contributed by atoms with Gasteiger partial charge in [0.05, 0.1) is 16.8 Å². The van der Waals surface area contributed by atoms with Crippen molar-refractivity contribution in [2.45, 2.75) is 20.4 Å². The second kappa shape index (κ2) is 9.85. The Balaban J connectivity index is 1.65. The van der Waals surface area contributed by atoms with Gasteiger partial charge in [0.1, 0.15) is 0 Å². The number of benzene rings is 3. The van der Waals surface area contributed by atoms with E-state index in [1.807, 2.05) is 37.3 Å². The number of rotatable bonds is 7. The highest BCUT2D eigenvalue weighted by molar-refractivity contribution is 7.16. The Morgan fingerprint density at radius 2 is 1.59 bits per heavy atom. The molecular weight excluding hydrogens is 420 g/mol. The maximum atomic E-state index is 12.9. The molecule has 0 spiro atoms. The van der Waals surface area contributed by atoms with E-state index in [9.17, 15) is 9.59 Å². The normalized spacial score (nSPS) is 11.8. The summed E-state index contributed by atoms with van der Waals surface area (Å²) >= 11 is 1.49. The third-order valence-electron chi connectivity index (χ3n) is 5.19. The molecule has 1 amide bonds. The first kappa shape index (κ1) is 21.9. The number of amides is 1. The van der Waals surface area contributed by atoms with Crippen LogP contribution in [0, 0.1) is 6.92 Å². The molecule has 0 radical (unpaired) electrons. The minimum absolute atomic E-state index is 0.0738. The van der Waals surface area contributed by atoms with Gasteiger partial charge in [0.15, 0.2) is 10.6 Å². The average molecular weight is 445 g/mol. The van der Waals surface area contributed by atoms with Crippen molar-refractivity contribution in [3.8, 4) is 0 Å². The summed E-state index contributed by atoms with van der Waals surface area (Å²) in [6, 6.07) is 21.9. The maximum Gasteiger partial charge on any atom is 0.279 e. The third-order valence-corrected chi connectivity index (χ3v) is 6.24. The second-order valence-corrected chi connectivity index (χ2v) is 8.35. The number of ketones is 1. The van der Waals surface area contributed by atoms with Crippen LogP contribution in [-0.2, 0) is 11.3 Å². The maximum absolute atomic E-state index is 12.9. The van der Waals surface area contributed by atoms with Crippen LogP contribution in [0.15, 0.2) is 77.8 Å². The van der Waals surface area contributed by atoms with Crippen LogP contribution in [-0.4, -0.2) is 29.5 Å². The van der Waals surface area contributed by atoms with Crippen LogP contribution < -0.4 is 4.80 Å². The van der Waals surface area contributed by atoms with Gasteiger partial charge in [0, 0.05) is 29.8 Å². The van der Waals surface area contributed by atoms with E-state index < -0.39 is 0 Å². The molecule has 0 aliphatic heterocycles. The molecule has 1 aromatic heterocycles. The highest BCUT2D eigenvalue weighted by Gasteiger charge is 2.13. The highest BCUT2D eigenvalue weighted by atomic mass is 32.1. The molecule has 6 heteroatoms. The van der Waals surface area contributed by atoms with Crippen LogP contribution >= 0.6 is 11.3 Å². The summed E-state index contributed by atoms with van der Waals surface area (Å²) in [6.45, 7) is 5.83. The topological polar surface area (TPSA) is 60.7 Å². The zero-order chi connectivity index (χ0) is 22.5. The number of carbonyl (C=O) groups is 2. The number of fused-ring (bicyclic) bond motifs is 1. The Morgan fingerprint density at radius 1 is 0.906 bits per heavy atom. The molecule has 0 aliphatic carbocycles. The quantitative estimate of drug-likeness (QED) is 0.297. The molecule has 4 rings (SSSR count). The van der Waals surface area contributed by atoms with Crippen LogP contribution in [0.2, 0.25) is 0 Å². The van der Waals surface area contributed by atoms with Gasteiger partial charge in [-0.1, -0.05) is 65.9 Å². The molecule has 4 aromatic rings. The Bertz CT molecular complexity index is 1320. The molecule has 0 fully saturated rings. The molecule has 5 nitrogen and oxygen atoms in total. The minimum Gasteiger partial charge on any atom is -0.380 e. The number of para-hydroxylation sites is 1. The third kappa shape index (κ3) is 4.61. The van der Waals surface area contributed by atoms with E-state index >= 15 is 0 Å². The van der Waals surface area contributed by atoms with E-state index in [-0.39, 0.29) is 11.7 Å². The molecule has 0 saturated carbocycles. The number of thiazole rings is 1. The van der Waals surface area contributed by atoms with Gasteiger partial charge in [0.25, 0.3) is 5.91 Å². The first-order valence-electron chi connectivity index (χ1n) is 10.5. The van der Waals surface area contributed by atoms with Gasteiger partial charge >= 0.3 is 0 Å². The zero-order valence-corrected chi connectivity index (χ0v) is 18.9. The van der Waals surface area contributed by atoms with Gasteiger partial charge in [-0.15, -0.1) is 0 Å². The lowest BCUT2D eigenvalue weighted by Crippen LogP contribution is -2.20. The summed E-state index contributed by atoms with van der Waals surface area (Å²) in [4.78, 5) is 30.6. The molecule has 1 heterocycles. The monoisotopic (exact) mass is 444 g/mol. The molecule has 0 N–H and O–H groups in total. The van der Waals surface area contributed by atoms with Gasteiger partial charge in [-0.2, -0.15) is 4.99 Å². The predicted molar refractivity (Wildman–Crippen MR) is 127 cm³/mol. The summed E-state index contributed by atoms with van der Waals surface area (Å²) in [5.74, 6) is -0.409. The Morgan fingerprint density at radius 3 is 2.31 bits per heavy atom. The van der Waals surface area contributed by atoms with E-state index in [1.165, 1.54) is 11.3 Å². The standard InChI is InChI=1S/C26H24N2O3S/c1-3-31-17-16-28-23-18(2)8-7-11-22(23)32-26(28)27-25(30)21-14-12-20(13-15-21)24(29)19-9-5-4-6-10-19/h4-15H,3,16-17H2,1-2H3. The fourth-order valence-electron chi connectivity index (χ4n) is 3.57. The molecular formula is C26H24N2O3S. The van der Waals surface area contributed by atoms with E-state index in [4.69, 9.17) is 4.74 Å². The summed E-state index contributed by atoms with van der Waals surface area (Å²) in [5.41, 5.74) is 3.81. The molecule has 0 unspecified atom stereocenters. The van der Waals surface area contributed by atoms with E-state index in [0.717, 1.165) is 15.8 Å². The van der Waals surface area contributed by atoms with Crippen LogP contribution in [0.3, 0.4) is 0 Å². The van der Waals surface area contributed by atoms with Crippen LogP contribution in [0.4, 0.5) is 0 Å². The SMILES string of the molecule is CCOCCn1c(=NC(=O)c2ccc(C(=O)c3ccccc3)cc2)sc2cccc(C)c21. The average Bonchev–Trinajstić information content (AvgIpc) is 3.17. The summed E-state index contributed by atoms with van der Waals surface area (Å²) < 4.78 is 8.67. The second-order valence-electron chi connectivity index (χ2n) is 7.34. The Labute approximate surface area is 190 Å². The molecule has 0 bridgehead atoms. The highest BCUT2D eigenvalue weighted by Crippen LogP contribution is 2.21. The number of hydrogen-bond acceptors (Lipinski definition) is 4. The smallest absolute Gasteiger partial charge is 0.279 e. The van der Waals surface area contributed by atoms with Crippen molar-refractivity contribution in [3.63, 3.8) is 0 Å². The summed E-state index contributed by atoms with van der Waals surface area (Å²) in [7, 11) is 0. The lowest BCUT2D eigenvalue weighted by Gasteiger charge is -2.07. The minimum atomic E-state index is -0.335. The van der Waals surface area contributed by atoms with Crippen molar-refractivity contribution in [2.24, 2.45) is 4.99 Å². The molecule has 0 atom stereocenters. The Hall–Kier alpha value is -3.35. The van der Waals surface area contributed by atoms with Gasteiger partial charge in [-0.3, -0.25) is 9.59 Å². The van der Waals surface area contributed by atoms with Crippen LogP contribution in [0.1, 0.15) is 38.8 Å². The predicted octanol–water partition coefficient (Wildman–Crippen LogP) is 5.02. The van der Waals surface area contributed by atoms with Crippen LogP contribution in [0.25, 0.3) is 10.2 Å². The van der Waals surface area contributed by atoms with Gasteiger partial charge < -0.3 is 9.30 Å². The largest absolute Gasteiger partial charge is 0.380 e.